The Balaban J connectivity index is 1.64. The first kappa shape index (κ1) is 23.6. The first-order valence-electron chi connectivity index (χ1n) is 8.07. The molecule has 0 aromatic carbocycles. The zero-order valence-corrected chi connectivity index (χ0v) is 18.1. The smallest absolute Gasteiger partial charge is 0.426 e. The van der Waals surface area contributed by atoms with Gasteiger partial charge in [-0.1, -0.05) is 0 Å². The Bertz CT molecular complexity index is 1090. The van der Waals surface area contributed by atoms with Crippen molar-refractivity contribution in [2.24, 2.45) is 0 Å². The Hall–Kier alpha value is -1.09. The van der Waals surface area contributed by atoms with Crippen LogP contribution in [0.3, 0.4) is 0 Å². The number of carbonyl (C=O) groups is 1. The average molecular weight is 517 g/mol. The molecule has 0 bridgehead atoms. The quantitative estimate of drug-likeness (QED) is 0.309. The SMILES string of the molecule is O=C1OC(CS(=O)(=O)CC2COS(=O)(=O)O2)C(CS(=O)(=O)C2COS(=O)(=O)OC2)O1. The Morgan fingerprint density at radius 2 is 1.30 bits per heavy atom. The van der Waals surface area contributed by atoms with Crippen LogP contribution in [0.15, 0.2) is 0 Å². The van der Waals surface area contributed by atoms with E-state index in [4.69, 9.17) is 9.47 Å². The van der Waals surface area contributed by atoms with E-state index in [1.54, 1.807) is 0 Å². The average Bonchev–Trinajstić information content (AvgIpc) is 3.06. The van der Waals surface area contributed by atoms with Crippen molar-refractivity contribution in [2.45, 2.75) is 23.6 Å². The van der Waals surface area contributed by atoms with Gasteiger partial charge in [-0.3, -0.25) is 0 Å². The molecule has 3 unspecified atom stereocenters. The maximum absolute atomic E-state index is 12.5. The van der Waals surface area contributed by atoms with E-state index in [1.807, 2.05) is 0 Å². The number of carbonyl (C=O) groups excluding carboxylic acids is 1. The van der Waals surface area contributed by atoms with Crippen LogP contribution < -0.4 is 0 Å². The highest BCUT2D eigenvalue weighted by atomic mass is 32.3. The van der Waals surface area contributed by atoms with Crippen molar-refractivity contribution in [3.8, 4) is 0 Å². The third kappa shape index (κ3) is 5.99. The van der Waals surface area contributed by atoms with Gasteiger partial charge >= 0.3 is 27.0 Å². The standard InChI is InChI=1S/C11H16O15S4/c12-11-24-9(5-27(13,14)4-7-1-21-30(19,20)26-7)10(25-11)6-28(15,16)8-2-22-29(17,18)23-3-8/h7-10H,1-6H2. The molecule has 0 amide bonds. The van der Waals surface area contributed by atoms with Gasteiger partial charge in [-0.05, 0) is 0 Å². The Morgan fingerprint density at radius 3 is 1.83 bits per heavy atom. The fourth-order valence-corrected chi connectivity index (χ4v) is 7.77. The number of cyclic esters (lactones) is 2. The lowest BCUT2D eigenvalue weighted by Crippen LogP contribution is -2.44. The normalized spacial score (nSPS) is 31.9. The predicted molar refractivity (Wildman–Crippen MR) is 91.9 cm³/mol. The molecule has 0 N–H and O–H groups in total. The predicted octanol–water partition coefficient (Wildman–Crippen LogP) is -2.96. The molecule has 3 rings (SSSR count). The van der Waals surface area contributed by atoms with E-state index < -0.39 is 107 Å². The molecule has 3 heterocycles. The zero-order valence-electron chi connectivity index (χ0n) is 14.8. The molecule has 3 saturated heterocycles. The topological polar surface area (TPSA) is 209 Å². The number of ether oxygens (including phenoxy) is 2. The van der Waals surface area contributed by atoms with Gasteiger partial charge in [0, 0.05) is 0 Å². The summed E-state index contributed by atoms with van der Waals surface area (Å²) in [5, 5.41) is -1.40. The van der Waals surface area contributed by atoms with Crippen LogP contribution in [0.5, 0.6) is 0 Å². The third-order valence-electron chi connectivity index (χ3n) is 4.12. The molecule has 174 valence electrons. The van der Waals surface area contributed by atoms with Gasteiger partial charge in [0.15, 0.2) is 31.9 Å². The van der Waals surface area contributed by atoms with Crippen molar-refractivity contribution >= 4 is 46.6 Å². The highest BCUT2D eigenvalue weighted by Crippen LogP contribution is 2.23. The lowest BCUT2D eigenvalue weighted by Gasteiger charge is -2.23. The summed E-state index contributed by atoms with van der Waals surface area (Å²) >= 11 is 0. The van der Waals surface area contributed by atoms with E-state index >= 15 is 0 Å². The summed E-state index contributed by atoms with van der Waals surface area (Å²) < 4.78 is 121. The first-order valence-corrected chi connectivity index (χ1v) is 14.3. The van der Waals surface area contributed by atoms with Gasteiger partial charge < -0.3 is 9.47 Å². The van der Waals surface area contributed by atoms with Crippen LogP contribution in [0.2, 0.25) is 0 Å². The van der Waals surface area contributed by atoms with Crippen molar-refractivity contribution in [3.63, 3.8) is 0 Å². The molecule has 19 heteroatoms. The second kappa shape index (κ2) is 8.11. The maximum Gasteiger partial charge on any atom is 0.509 e. The summed E-state index contributed by atoms with van der Waals surface area (Å²) in [6, 6.07) is 0. The minimum absolute atomic E-state index is 0.523. The van der Waals surface area contributed by atoms with Gasteiger partial charge in [-0.2, -0.15) is 16.8 Å². The number of sulfone groups is 2. The van der Waals surface area contributed by atoms with Gasteiger partial charge in [0.2, 0.25) is 0 Å². The van der Waals surface area contributed by atoms with Crippen molar-refractivity contribution < 1.29 is 64.7 Å². The molecule has 30 heavy (non-hydrogen) atoms. The molecule has 0 aromatic rings. The van der Waals surface area contributed by atoms with Crippen molar-refractivity contribution in [3.05, 3.63) is 0 Å². The molecule has 0 radical (unpaired) electrons. The fourth-order valence-electron chi connectivity index (χ4n) is 2.74. The van der Waals surface area contributed by atoms with Gasteiger partial charge in [0.05, 0.1) is 37.1 Å². The van der Waals surface area contributed by atoms with Crippen LogP contribution in [0.1, 0.15) is 0 Å². The summed E-state index contributed by atoms with van der Waals surface area (Å²) in [6.07, 6.45) is -5.62. The van der Waals surface area contributed by atoms with E-state index in [0.29, 0.717) is 0 Å². The van der Waals surface area contributed by atoms with Crippen LogP contribution in [0, 0.1) is 0 Å². The van der Waals surface area contributed by atoms with Crippen LogP contribution in [0.25, 0.3) is 0 Å². The Morgan fingerprint density at radius 1 is 0.767 bits per heavy atom. The summed E-state index contributed by atoms with van der Waals surface area (Å²) in [7, 11) is -16.8. The van der Waals surface area contributed by atoms with Crippen LogP contribution >= 0.6 is 0 Å². The molecule has 0 aromatic heterocycles. The molecule has 3 aliphatic rings. The zero-order chi connectivity index (χ0) is 22.4. The minimum Gasteiger partial charge on any atom is -0.426 e. The van der Waals surface area contributed by atoms with E-state index in [2.05, 4.69) is 16.7 Å². The lowest BCUT2D eigenvalue weighted by molar-refractivity contribution is 0.119. The second-order valence-corrected chi connectivity index (χ2v) is 13.5. The van der Waals surface area contributed by atoms with E-state index in [1.165, 1.54) is 0 Å². The molecule has 3 atom stereocenters. The van der Waals surface area contributed by atoms with E-state index in [9.17, 15) is 38.5 Å². The minimum atomic E-state index is -4.29. The van der Waals surface area contributed by atoms with Gasteiger partial charge in [-0.15, -0.1) is 0 Å². The van der Waals surface area contributed by atoms with Crippen LogP contribution in [-0.4, -0.2) is 100 Å². The highest BCUT2D eigenvalue weighted by molar-refractivity contribution is 7.92. The summed E-state index contributed by atoms with van der Waals surface area (Å²) in [5.74, 6) is -2.54. The van der Waals surface area contributed by atoms with Crippen LogP contribution in [0.4, 0.5) is 4.79 Å². The molecule has 0 spiro atoms. The van der Waals surface area contributed by atoms with Crippen molar-refractivity contribution in [1.29, 1.82) is 0 Å². The lowest BCUT2D eigenvalue weighted by atomic mass is 10.3. The molecular formula is C11H16O15S4. The van der Waals surface area contributed by atoms with E-state index in [-0.39, 0.29) is 0 Å². The monoisotopic (exact) mass is 516 g/mol. The van der Waals surface area contributed by atoms with Crippen molar-refractivity contribution in [1.82, 2.24) is 0 Å². The molecule has 0 saturated carbocycles. The summed E-state index contributed by atoms with van der Waals surface area (Å²) in [4.78, 5) is 11.4. The van der Waals surface area contributed by atoms with Gasteiger partial charge in [0.25, 0.3) is 0 Å². The number of hydrogen-bond acceptors (Lipinski definition) is 15. The third-order valence-corrected chi connectivity index (χ3v) is 9.70. The Labute approximate surface area is 172 Å². The largest absolute Gasteiger partial charge is 0.509 e. The fraction of sp³-hybridized carbons (Fsp3) is 0.909. The number of hydrogen-bond donors (Lipinski definition) is 0. The molecule has 3 fully saturated rings. The molecule has 15 nitrogen and oxygen atoms in total. The van der Waals surface area contributed by atoms with Crippen LogP contribution in [-0.2, 0) is 66.7 Å². The Kier molecular flexibility index (Phi) is 6.37. The van der Waals surface area contributed by atoms with Gasteiger partial charge in [-0.25, -0.2) is 38.4 Å². The first-order chi connectivity index (χ1) is 13.7. The molecule has 3 aliphatic heterocycles. The second-order valence-electron chi connectivity index (χ2n) is 6.48. The summed E-state index contributed by atoms with van der Waals surface area (Å²) in [6.45, 7) is -1.96. The number of rotatable bonds is 7. The van der Waals surface area contributed by atoms with Gasteiger partial charge in [0.1, 0.15) is 11.4 Å². The van der Waals surface area contributed by atoms with Crippen molar-refractivity contribution in [2.75, 3.05) is 37.1 Å². The summed E-state index contributed by atoms with van der Waals surface area (Å²) in [5.41, 5.74) is 0. The van der Waals surface area contributed by atoms with E-state index in [0.717, 1.165) is 0 Å². The molecular weight excluding hydrogens is 500 g/mol. The highest BCUT2D eigenvalue weighted by Gasteiger charge is 2.46. The maximum atomic E-state index is 12.5. The molecule has 0 aliphatic carbocycles.